The predicted molar refractivity (Wildman–Crippen MR) is 172 cm³/mol. The van der Waals surface area contributed by atoms with Crippen LogP contribution in [-0.4, -0.2) is 72.5 Å². The Kier molecular flexibility index (Phi) is 8.11. The van der Waals surface area contributed by atoms with Crippen molar-refractivity contribution in [3.05, 3.63) is 70.3 Å². The van der Waals surface area contributed by atoms with Gasteiger partial charge in [-0.05, 0) is 104 Å². The van der Waals surface area contributed by atoms with Crippen molar-refractivity contribution >= 4 is 29.2 Å². The molecule has 7 rings (SSSR count). The van der Waals surface area contributed by atoms with Gasteiger partial charge in [-0.2, -0.15) is 0 Å². The molecule has 1 saturated heterocycles. The van der Waals surface area contributed by atoms with Crippen LogP contribution in [0.2, 0.25) is 5.02 Å². The minimum absolute atomic E-state index is 0.0140. The second-order valence-electron chi connectivity index (χ2n) is 13.9. The molecule has 0 aromatic heterocycles. The molecule has 3 aliphatic heterocycles. The highest BCUT2D eigenvalue weighted by molar-refractivity contribution is 6.30. The van der Waals surface area contributed by atoms with Gasteiger partial charge in [-0.1, -0.05) is 35.9 Å². The summed E-state index contributed by atoms with van der Waals surface area (Å²) < 4.78 is 12.6. The summed E-state index contributed by atoms with van der Waals surface area (Å²) in [5.41, 5.74) is 0.833. The number of hydrogen-bond donors (Lipinski definition) is 2. The standard InChI is InChI=1S/C36H43ClN2O6/c1-44-31-8-2-6-27-7-4-16-39(27)33(40)19-36(43,34(41)42)25-10-14-32-30(18-25)38(20-24-9-12-28(24)31)21-35(22-45-32)15-3-5-23-17-26(37)11-13-29(23)35/h2,8,10-11,13-14,17-18,24,27-28,31,43H,3-7,9,12,15-16,19-22H2,1H3,(H,41,42)/b8-2+/t24-,27+,28+,31-,35-,36-/m0/s1. The maximum atomic E-state index is 13.6. The number of carboxylic acid groups (broad SMARTS) is 1. The van der Waals surface area contributed by atoms with E-state index < -0.39 is 18.0 Å². The fraction of sp³-hybridized carbons (Fsp3) is 0.556. The molecule has 8 nitrogen and oxygen atoms in total. The molecule has 2 aromatic rings. The van der Waals surface area contributed by atoms with Crippen LogP contribution in [0.5, 0.6) is 5.75 Å². The lowest BCUT2D eigenvalue weighted by atomic mass is 9.68. The topological polar surface area (TPSA) is 99.5 Å². The van der Waals surface area contributed by atoms with Crippen LogP contribution >= 0.6 is 11.6 Å². The van der Waals surface area contributed by atoms with Crippen LogP contribution in [0.1, 0.15) is 68.1 Å². The van der Waals surface area contributed by atoms with Crippen LogP contribution in [0.4, 0.5) is 5.69 Å². The highest BCUT2D eigenvalue weighted by Crippen LogP contribution is 2.48. The zero-order valence-corrected chi connectivity index (χ0v) is 26.7. The summed E-state index contributed by atoms with van der Waals surface area (Å²) in [5.74, 6) is -0.388. The molecule has 0 unspecified atom stereocenters. The van der Waals surface area contributed by atoms with E-state index >= 15 is 0 Å². The van der Waals surface area contributed by atoms with E-state index in [9.17, 15) is 19.8 Å². The zero-order chi connectivity index (χ0) is 31.3. The zero-order valence-electron chi connectivity index (χ0n) is 25.9. The van der Waals surface area contributed by atoms with E-state index in [1.807, 2.05) is 6.07 Å². The molecule has 240 valence electrons. The molecule has 3 heterocycles. The summed E-state index contributed by atoms with van der Waals surface area (Å²) in [6.45, 7) is 2.49. The maximum Gasteiger partial charge on any atom is 0.340 e. The number of amides is 1. The first-order chi connectivity index (χ1) is 21.7. The number of benzene rings is 2. The summed E-state index contributed by atoms with van der Waals surface area (Å²) >= 11 is 6.43. The van der Waals surface area contributed by atoms with Crippen molar-refractivity contribution in [3.63, 3.8) is 0 Å². The largest absolute Gasteiger partial charge is 0.490 e. The molecule has 45 heavy (non-hydrogen) atoms. The average molecular weight is 635 g/mol. The number of methoxy groups -OCH3 is 1. The minimum Gasteiger partial charge on any atom is -0.490 e. The number of aryl methyl sites for hydroxylation is 1. The maximum absolute atomic E-state index is 13.6. The Morgan fingerprint density at radius 1 is 1.13 bits per heavy atom. The summed E-state index contributed by atoms with van der Waals surface area (Å²) in [6.07, 6.45) is 11.3. The van der Waals surface area contributed by atoms with Crippen LogP contribution in [0, 0.1) is 11.8 Å². The van der Waals surface area contributed by atoms with Gasteiger partial charge in [0.05, 0.1) is 24.8 Å². The van der Waals surface area contributed by atoms with E-state index in [2.05, 4.69) is 29.2 Å². The third-order valence-electron chi connectivity index (χ3n) is 11.3. The Morgan fingerprint density at radius 2 is 2.00 bits per heavy atom. The third kappa shape index (κ3) is 5.43. The van der Waals surface area contributed by atoms with Gasteiger partial charge in [0.25, 0.3) is 0 Å². The lowest BCUT2D eigenvalue weighted by molar-refractivity contribution is -0.165. The van der Waals surface area contributed by atoms with Crippen molar-refractivity contribution in [1.82, 2.24) is 4.90 Å². The quantitative estimate of drug-likeness (QED) is 0.423. The number of aliphatic hydroxyl groups is 1. The molecular formula is C36H43ClN2O6. The van der Waals surface area contributed by atoms with E-state index in [1.54, 1.807) is 30.2 Å². The number of carboxylic acids is 1. The molecule has 2 aromatic carbocycles. The van der Waals surface area contributed by atoms with Gasteiger partial charge in [0.15, 0.2) is 5.60 Å². The first-order valence-electron chi connectivity index (χ1n) is 16.5. The van der Waals surface area contributed by atoms with Crippen molar-refractivity contribution in [2.45, 2.75) is 80.9 Å². The van der Waals surface area contributed by atoms with Gasteiger partial charge >= 0.3 is 5.97 Å². The molecule has 1 saturated carbocycles. The molecule has 2 fully saturated rings. The molecule has 1 spiro atoms. The summed E-state index contributed by atoms with van der Waals surface area (Å²) in [5, 5.41) is 22.9. The van der Waals surface area contributed by atoms with Crippen LogP contribution < -0.4 is 9.64 Å². The first kappa shape index (κ1) is 30.6. The fourth-order valence-electron chi connectivity index (χ4n) is 8.70. The van der Waals surface area contributed by atoms with E-state index in [1.165, 1.54) is 11.1 Å². The highest BCUT2D eigenvalue weighted by atomic mass is 35.5. The molecule has 2 N–H and O–H groups in total. The molecule has 1 amide bonds. The number of carbonyl (C=O) groups is 2. The number of carbonyl (C=O) groups excluding carboxylic acids is 1. The monoisotopic (exact) mass is 634 g/mol. The summed E-state index contributed by atoms with van der Waals surface area (Å²) in [4.78, 5) is 30.5. The van der Waals surface area contributed by atoms with Crippen LogP contribution in [0.3, 0.4) is 0 Å². The lowest BCUT2D eigenvalue weighted by Crippen LogP contribution is -2.49. The van der Waals surface area contributed by atoms with Gasteiger partial charge in [-0.3, -0.25) is 4.79 Å². The highest BCUT2D eigenvalue weighted by Gasteiger charge is 2.47. The molecule has 2 bridgehead atoms. The molecule has 0 radical (unpaired) electrons. The molecule has 9 heteroatoms. The van der Waals surface area contributed by atoms with Crippen molar-refractivity contribution in [2.75, 3.05) is 38.3 Å². The van der Waals surface area contributed by atoms with E-state index in [-0.39, 0.29) is 29.0 Å². The van der Waals surface area contributed by atoms with Gasteiger partial charge < -0.3 is 29.5 Å². The van der Waals surface area contributed by atoms with Gasteiger partial charge in [-0.15, -0.1) is 0 Å². The van der Waals surface area contributed by atoms with E-state index in [0.29, 0.717) is 43.7 Å². The molecule has 5 aliphatic rings. The van der Waals surface area contributed by atoms with E-state index in [0.717, 1.165) is 62.2 Å². The van der Waals surface area contributed by atoms with Crippen molar-refractivity contribution < 1.29 is 29.3 Å². The van der Waals surface area contributed by atoms with Gasteiger partial charge in [0.2, 0.25) is 5.91 Å². The summed E-state index contributed by atoms with van der Waals surface area (Å²) in [6, 6.07) is 11.3. The number of halogens is 1. The van der Waals surface area contributed by atoms with Crippen molar-refractivity contribution in [3.8, 4) is 5.75 Å². The normalized spacial score (nSPS) is 33.7. The Labute approximate surface area is 269 Å². The van der Waals surface area contributed by atoms with Gasteiger partial charge in [0, 0.05) is 43.2 Å². The van der Waals surface area contributed by atoms with Crippen molar-refractivity contribution in [1.29, 1.82) is 0 Å². The smallest absolute Gasteiger partial charge is 0.340 e. The number of anilines is 1. The number of nitrogens with zero attached hydrogens (tertiary/aromatic N) is 2. The lowest BCUT2D eigenvalue weighted by Gasteiger charge is -2.46. The molecule has 6 atom stereocenters. The van der Waals surface area contributed by atoms with E-state index in [4.69, 9.17) is 21.1 Å². The average Bonchev–Trinajstić information content (AvgIpc) is 3.43. The summed E-state index contributed by atoms with van der Waals surface area (Å²) in [7, 11) is 1.78. The molecular weight excluding hydrogens is 592 g/mol. The number of ether oxygens (including phenoxy) is 2. The van der Waals surface area contributed by atoms with Gasteiger partial charge in [-0.25, -0.2) is 4.79 Å². The fourth-order valence-corrected chi connectivity index (χ4v) is 8.90. The van der Waals surface area contributed by atoms with Crippen LogP contribution in [0.25, 0.3) is 0 Å². The first-order valence-corrected chi connectivity index (χ1v) is 16.8. The van der Waals surface area contributed by atoms with Crippen LogP contribution in [0.15, 0.2) is 48.6 Å². The van der Waals surface area contributed by atoms with Crippen molar-refractivity contribution in [2.24, 2.45) is 11.8 Å². The second-order valence-corrected chi connectivity index (χ2v) is 14.3. The Bertz CT molecular complexity index is 1510. The predicted octanol–water partition coefficient (Wildman–Crippen LogP) is 5.47. The SMILES string of the molecule is CO[C@H]1/C=C/C[C@@H]2CCCN2C(=O)C[C@@](O)(C(=O)O)c2ccc3c(c2)N(C[C@@H]2CC[C@H]21)C[C@@]1(CCCc2cc(Cl)ccc21)CO3. The number of rotatable bonds is 2. The number of fused-ring (bicyclic) bond motifs is 5. The Balaban J connectivity index is 1.33. The third-order valence-corrected chi connectivity index (χ3v) is 11.6. The number of aliphatic carboxylic acids is 1. The minimum atomic E-state index is -2.36. The van der Waals surface area contributed by atoms with Crippen LogP contribution in [-0.2, 0) is 31.8 Å². The Morgan fingerprint density at radius 3 is 2.78 bits per heavy atom. The molecule has 2 aliphatic carbocycles. The number of hydrogen-bond acceptors (Lipinski definition) is 6. The Hall–Kier alpha value is -3.07. The second kappa shape index (κ2) is 11.9. The van der Waals surface area contributed by atoms with Gasteiger partial charge in [0.1, 0.15) is 5.75 Å².